The van der Waals surface area contributed by atoms with Gasteiger partial charge in [0.05, 0.1) is 6.61 Å². The topological polar surface area (TPSA) is 18.5 Å². The highest BCUT2D eigenvalue weighted by molar-refractivity contribution is 5.39. The van der Waals surface area contributed by atoms with Gasteiger partial charge in [0.2, 0.25) is 0 Å². The quantitative estimate of drug-likeness (QED) is 0.671. The SMILES string of the molecule is Cc1cccc(C)c1OCCOCCC(C)C. The summed E-state index contributed by atoms with van der Waals surface area (Å²) in [5.74, 6) is 1.70. The summed E-state index contributed by atoms with van der Waals surface area (Å²) in [7, 11) is 0. The molecule has 0 fully saturated rings. The Bertz CT molecular complexity index is 311. The van der Waals surface area contributed by atoms with E-state index < -0.39 is 0 Å². The monoisotopic (exact) mass is 236 g/mol. The van der Waals surface area contributed by atoms with Crippen LogP contribution in [0.1, 0.15) is 31.4 Å². The standard InChI is InChI=1S/C15H24O2/c1-12(2)8-9-16-10-11-17-15-13(3)6-5-7-14(15)4/h5-7,12H,8-11H2,1-4H3. The van der Waals surface area contributed by atoms with Crippen molar-refractivity contribution in [1.29, 1.82) is 0 Å². The molecule has 1 rings (SSSR count). The lowest BCUT2D eigenvalue weighted by Gasteiger charge is -2.12. The van der Waals surface area contributed by atoms with Crippen molar-refractivity contribution in [3.63, 3.8) is 0 Å². The van der Waals surface area contributed by atoms with Crippen LogP contribution in [0.3, 0.4) is 0 Å². The molecule has 17 heavy (non-hydrogen) atoms. The lowest BCUT2D eigenvalue weighted by Crippen LogP contribution is -2.09. The zero-order chi connectivity index (χ0) is 12.7. The smallest absolute Gasteiger partial charge is 0.125 e. The summed E-state index contributed by atoms with van der Waals surface area (Å²) in [6.45, 7) is 10.7. The fourth-order valence-corrected chi connectivity index (χ4v) is 1.65. The number of benzene rings is 1. The van der Waals surface area contributed by atoms with Crippen molar-refractivity contribution in [2.75, 3.05) is 19.8 Å². The second-order valence-electron chi connectivity index (χ2n) is 4.86. The molecular formula is C15H24O2. The molecule has 0 bridgehead atoms. The van der Waals surface area contributed by atoms with Gasteiger partial charge in [-0.1, -0.05) is 32.0 Å². The normalized spacial score (nSPS) is 10.9. The van der Waals surface area contributed by atoms with Crippen LogP contribution in [-0.4, -0.2) is 19.8 Å². The van der Waals surface area contributed by atoms with Crippen molar-refractivity contribution in [3.05, 3.63) is 29.3 Å². The Hall–Kier alpha value is -1.02. The van der Waals surface area contributed by atoms with Crippen LogP contribution in [0.2, 0.25) is 0 Å². The van der Waals surface area contributed by atoms with Crippen molar-refractivity contribution in [2.45, 2.75) is 34.1 Å². The minimum Gasteiger partial charge on any atom is -0.491 e. The molecule has 0 spiro atoms. The lowest BCUT2D eigenvalue weighted by atomic mass is 10.1. The van der Waals surface area contributed by atoms with Crippen molar-refractivity contribution in [3.8, 4) is 5.75 Å². The summed E-state index contributed by atoms with van der Waals surface area (Å²) in [5.41, 5.74) is 2.37. The molecule has 1 aromatic rings. The average Bonchev–Trinajstić information content (AvgIpc) is 2.26. The second-order valence-corrected chi connectivity index (χ2v) is 4.86. The van der Waals surface area contributed by atoms with Gasteiger partial charge in [-0.15, -0.1) is 0 Å². The minimum absolute atomic E-state index is 0.629. The first-order valence-corrected chi connectivity index (χ1v) is 6.38. The van der Waals surface area contributed by atoms with Crippen LogP contribution >= 0.6 is 0 Å². The van der Waals surface area contributed by atoms with Crippen LogP contribution in [0.25, 0.3) is 0 Å². The van der Waals surface area contributed by atoms with Gasteiger partial charge in [-0.25, -0.2) is 0 Å². The number of rotatable bonds is 7. The Morgan fingerprint density at radius 2 is 1.65 bits per heavy atom. The van der Waals surface area contributed by atoms with E-state index >= 15 is 0 Å². The zero-order valence-electron chi connectivity index (χ0n) is 11.5. The van der Waals surface area contributed by atoms with Gasteiger partial charge in [0.1, 0.15) is 12.4 Å². The first-order chi connectivity index (χ1) is 8.11. The van der Waals surface area contributed by atoms with E-state index in [4.69, 9.17) is 9.47 Å². The van der Waals surface area contributed by atoms with Gasteiger partial charge >= 0.3 is 0 Å². The van der Waals surface area contributed by atoms with E-state index in [1.54, 1.807) is 0 Å². The van der Waals surface area contributed by atoms with E-state index in [1.807, 2.05) is 0 Å². The van der Waals surface area contributed by atoms with Crippen molar-refractivity contribution >= 4 is 0 Å². The predicted octanol–water partition coefficient (Wildman–Crippen LogP) is 3.74. The number of aryl methyl sites for hydroxylation is 2. The first kappa shape index (κ1) is 14.0. The third-order valence-electron chi connectivity index (χ3n) is 2.72. The minimum atomic E-state index is 0.629. The molecule has 0 N–H and O–H groups in total. The molecule has 1 aromatic carbocycles. The van der Waals surface area contributed by atoms with E-state index in [-0.39, 0.29) is 0 Å². The lowest BCUT2D eigenvalue weighted by molar-refractivity contribution is 0.0922. The van der Waals surface area contributed by atoms with Gasteiger partial charge in [-0.2, -0.15) is 0 Å². The van der Waals surface area contributed by atoms with Crippen LogP contribution in [0.4, 0.5) is 0 Å². The molecule has 0 radical (unpaired) electrons. The summed E-state index contributed by atoms with van der Waals surface area (Å²) in [5, 5.41) is 0. The molecule has 0 aliphatic rings. The maximum atomic E-state index is 5.75. The Balaban J connectivity index is 2.22. The molecule has 2 nitrogen and oxygen atoms in total. The van der Waals surface area contributed by atoms with Crippen LogP contribution in [0.15, 0.2) is 18.2 Å². The molecule has 0 heterocycles. The van der Waals surface area contributed by atoms with E-state index in [2.05, 4.69) is 45.9 Å². The summed E-state index contributed by atoms with van der Waals surface area (Å²) in [6, 6.07) is 6.20. The molecule has 0 unspecified atom stereocenters. The van der Waals surface area contributed by atoms with Gasteiger partial charge in [0.15, 0.2) is 0 Å². The molecule has 0 aliphatic heterocycles. The molecule has 0 atom stereocenters. The Morgan fingerprint density at radius 3 is 2.24 bits per heavy atom. The van der Waals surface area contributed by atoms with Crippen LogP contribution in [0, 0.1) is 19.8 Å². The molecule has 0 saturated heterocycles. The summed E-state index contributed by atoms with van der Waals surface area (Å²) in [6.07, 6.45) is 1.11. The van der Waals surface area contributed by atoms with E-state index in [0.29, 0.717) is 19.1 Å². The van der Waals surface area contributed by atoms with Crippen molar-refractivity contribution in [1.82, 2.24) is 0 Å². The molecule has 0 aromatic heterocycles. The van der Waals surface area contributed by atoms with Gasteiger partial charge < -0.3 is 9.47 Å². The van der Waals surface area contributed by atoms with E-state index in [1.165, 1.54) is 11.1 Å². The fraction of sp³-hybridized carbons (Fsp3) is 0.600. The number of hydrogen-bond acceptors (Lipinski definition) is 2. The Kier molecular flexibility index (Phi) is 6.06. The Morgan fingerprint density at radius 1 is 1.00 bits per heavy atom. The molecule has 0 amide bonds. The highest BCUT2D eigenvalue weighted by Gasteiger charge is 2.02. The van der Waals surface area contributed by atoms with Crippen molar-refractivity contribution in [2.24, 2.45) is 5.92 Å². The van der Waals surface area contributed by atoms with Crippen LogP contribution < -0.4 is 4.74 Å². The molecule has 2 heteroatoms. The largest absolute Gasteiger partial charge is 0.491 e. The summed E-state index contributed by atoms with van der Waals surface area (Å²) < 4.78 is 11.3. The maximum absolute atomic E-state index is 5.75. The Labute approximate surface area is 105 Å². The molecule has 0 aliphatic carbocycles. The highest BCUT2D eigenvalue weighted by Crippen LogP contribution is 2.21. The highest BCUT2D eigenvalue weighted by atomic mass is 16.5. The van der Waals surface area contributed by atoms with Crippen LogP contribution in [0.5, 0.6) is 5.75 Å². The van der Waals surface area contributed by atoms with Gasteiger partial charge in [-0.05, 0) is 37.3 Å². The third kappa shape index (κ3) is 5.22. The average molecular weight is 236 g/mol. The number of ether oxygens (including phenoxy) is 2. The van der Waals surface area contributed by atoms with Crippen molar-refractivity contribution < 1.29 is 9.47 Å². The van der Waals surface area contributed by atoms with Gasteiger partial charge in [-0.3, -0.25) is 0 Å². The van der Waals surface area contributed by atoms with Gasteiger partial charge in [0.25, 0.3) is 0 Å². The van der Waals surface area contributed by atoms with E-state index in [0.717, 1.165) is 18.8 Å². The summed E-state index contributed by atoms with van der Waals surface area (Å²) in [4.78, 5) is 0. The predicted molar refractivity (Wildman–Crippen MR) is 71.7 cm³/mol. The third-order valence-corrected chi connectivity index (χ3v) is 2.72. The maximum Gasteiger partial charge on any atom is 0.125 e. The molecule has 0 saturated carbocycles. The van der Waals surface area contributed by atoms with Crippen LogP contribution in [-0.2, 0) is 4.74 Å². The number of para-hydroxylation sites is 1. The van der Waals surface area contributed by atoms with E-state index in [9.17, 15) is 0 Å². The first-order valence-electron chi connectivity index (χ1n) is 6.38. The summed E-state index contributed by atoms with van der Waals surface area (Å²) >= 11 is 0. The van der Waals surface area contributed by atoms with Gasteiger partial charge in [0, 0.05) is 6.61 Å². The fourth-order valence-electron chi connectivity index (χ4n) is 1.65. The zero-order valence-corrected chi connectivity index (χ0v) is 11.5. The number of hydrogen-bond donors (Lipinski definition) is 0. The molecular weight excluding hydrogens is 212 g/mol. The second kappa shape index (κ2) is 7.33. The molecule has 96 valence electrons.